The number of aromatic nitrogens is 2. The molecule has 4 rings (SSSR count). The van der Waals surface area contributed by atoms with E-state index in [9.17, 15) is 22.8 Å². The van der Waals surface area contributed by atoms with Crippen LogP contribution in [-0.2, 0) is 21.7 Å². The van der Waals surface area contributed by atoms with Gasteiger partial charge in [0.1, 0.15) is 11.8 Å². The van der Waals surface area contributed by atoms with Gasteiger partial charge in [0, 0.05) is 5.56 Å². The first-order valence-corrected chi connectivity index (χ1v) is 9.12. The molecule has 1 fully saturated rings. The van der Waals surface area contributed by atoms with Gasteiger partial charge in [-0.05, 0) is 31.0 Å². The summed E-state index contributed by atoms with van der Waals surface area (Å²) in [6, 6.07) is 2.90. The lowest BCUT2D eigenvalue weighted by Gasteiger charge is -2.27. The van der Waals surface area contributed by atoms with Crippen LogP contribution in [0.4, 0.5) is 23.7 Å². The molecule has 0 spiro atoms. The molecule has 158 valence electrons. The lowest BCUT2D eigenvalue weighted by atomic mass is 9.93. The van der Waals surface area contributed by atoms with Crippen LogP contribution in [0.15, 0.2) is 30.6 Å². The average Bonchev–Trinajstić information content (AvgIpc) is 3.19. The number of hydrogen-bond donors (Lipinski definition) is 1. The molecule has 0 radical (unpaired) electrons. The Morgan fingerprint density at radius 3 is 2.60 bits per heavy atom. The lowest BCUT2D eigenvalue weighted by Crippen LogP contribution is -2.38. The van der Waals surface area contributed by atoms with Crippen molar-refractivity contribution >= 4 is 17.6 Å². The Balaban J connectivity index is 1.55. The van der Waals surface area contributed by atoms with E-state index in [2.05, 4.69) is 15.3 Å². The first-order chi connectivity index (χ1) is 14.1. The molecule has 8 nitrogen and oxygen atoms in total. The van der Waals surface area contributed by atoms with Crippen molar-refractivity contribution in [3.63, 3.8) is 0 Å². The second-order valence-electron chi connectivity index (χ2n) is 7.05. The number of imide groups is 1. The molecule has 11 heteroatoms. The minimum Gasteiger partial charge on any atom is -0.424 e. The standard InChI is InChI=1S/C19H17F3N4O4/c1-3-14-15(27)26(17(28)25-14)11-7-23-16(24-8-11)30-12-5-4-10-9-29-18(2,13(10)6-12)19(20,21)22/h4-8,14H,3,9H2,1-2H3,(H,25,28)/t14-,18-/m1/s1. The third-order valence-electron chi connectivity index (χ3n) is 5.16. The molecule has 2 aliphatic rings. The maximum absolute atomic E-state index is 13.4. The Labute approximate surface area is 169 Å². The molecule has 3 amide bonds. The normalized spacial score (nSPS) is 23.5. The van der Waals surface area contributed by atoms with Crippen LogP contribution >= 0.6 is 0 Å². The van der Waals surface area contributed by atoms with Crippen LogP contribution in [0.5, 0.6) is 11.8 Å². The first kappa shape index (κ1) is 20.1. The van der Waals surface area contributed by atoms with E-state index in [1.807, 2.05) is 0 Å². The van der Waals surface area contributed by atoms with Gasteiger partial charge >= 0.3 is 18.2 Å². The van der Waals surface area contributed by atoms with E-state index in [1.54, 1.807) is 6.92 Å². The summed E-state index contributed by atoms with van der Waals surface area (Å²) >= 11 is 0. The van der Waals surface area contributed by atoms with E-state index in [1.165, 1.54) is 30.6 Å². The summed E-state index contributed by atoms with van der Waals surface area (Å²) in [5, 5.41) is 2.55. The molecule has 2 aromatic rings. The molecule has 0 unspecified atom stereocenters. The zero-order valence-corrected chi connectivity index (χ0v) is 16.0. The number of carbonyl (C=O) groups is 2. The van der Waals surface area contributed by atoms with Crippen molar-refractivity contribution in [2.45, 2.75) is 44.7 Å². The number of nitrogens with one attached hydrogen (secondary N) is 1. The SMILES string of the molecule is CC[C@H]1NC(=O)N(c2cnc(Oc3ccc4c(c3)[C@](C)(C(F)(F)F)OC4)nc2)C1=O. The number of alkyl halides is 3. The van der Waals surface area contributed by atoms with Crippen LogP contribution in [0, 0.1) is 0 Å². The number of halogens is 3. The molecule has 0 aliphatic carbocycles. The van der Waals surface area contributed by atoms with E-state index in [4.69, 9.17) is 9.47 Å². The fourth-order valence-electron chi connectivity index (χ4n) is 3.36. The number of carbonyl (C=O) groups excluding carboxylic acids is 2. The number of ether oxygens (including phenoxy) is 2. The number of urea groups is 1. The summed E-state index contributed by atoms with van der Waals surface area (Å²) in [6.07, 6.45) is -1.68. The van der Waals surface area contributed by atoms with Crippen molar-refractivity contribution in [2.24, 2.45) is 0 Å². The van der Waals surface area contributed by atoms with Crippen molar-refractivity contribution in [3.8, 4) is 11.8 Å². The fraction of sp³-hybridized carbons (Fsp3) is 0.368. The summed E-state index contributed by atoms with van der Waals surface area (Å²) in [5.74, 6) is -0.312. The summed E-state index contributed by atoms with van der Waals surface area (Å²) in [5.41, 5.74) is -1.88. The number of amides is 3. The molecule has 30 heavy (non-hydrogen) atoms. The van der Waals surface area contributed by atoms with Crippen molar-refractivity contribution in [3.05, 3.63) is 41.7 Å². The number of anilines is 1. The third kappa shape index (κ3) is 3.15. The first-order valence-electron chi connectivity index (χ1n) is 9.12. The van der Waals surface area contributed by atoms with Crippen LogP contribution < -0.4 is 15.0 Å². The van der Waals surface area contributed by atoms with Gasteiger partial charge in [0.15, 0.2) is 5.60 Å². The number of benzene rings is 1. The highest BCUT2D eigenvalue weighted by molar-refractivity contribution is 6.21. The lowest BCUT2D eigenvalue weighted by molar-refractivity contribution is -0.272. The van der Waals surface area contributed by atoms with Crippen LogP contribution in [-0.4, -0.2) is 34.1 Å². The van der Waals surface area contributed by atoms with E-state index in [0.717, 1.165) is 11.8 Å². The van der Waals surface area contributed by atoms with Crippen molar-refractivity contribution in [2.75, 3.05) is 4.90 Å². The smallest absolute Gasteiger partial charge is 0.421 e. The van der Waals surface area contributed by atoms with Gasteiger partial charge in [0.25, 0.3) is 5.91 Å². The number of hydrogen-bond acceptors (Lipinski definition) is 6. The molecule has 0 bridgehead atoms. The molecule has 2 aliphatic heterocycles. The molecular formula is C19H17F3N4O4. The second kappa shape index (κ2) is 6.94. The largest absolute Gasteiger partial charge is 0.424 e. The van der Waals surface area contributed by atoms with Crippen LogP contribution in [0.25, 0.3) is 0 Å². The van der Waals surface area contributed by atoms with Gasteiger partial charge in [-0.15, -0.1) is 0 Å². The van der Waals surface area contributed by atoms with E-state index < -0.39 is 29.8 Å². The molecule has 1 N–H and O–H groups in total. The number of fused-ring (bicyclic) bond motifs is 1. The summed E-state index contributed by atoms with van der Waals surface area (Å²) in [6.45, 7) is 2.59. The Hall–Kier alpha value is -3.21. The van der Waals surface area contributed by atoms with E-state index >= 15 is 0 Å². The van der Waals surface area contributed by atoms with Gasteiger partial charge in [-0.1, -0.05) is 13.0 Å². The Kier molecular flexibility index (Phi) is 4.64. The Morgan fingerprint density at radius 2 is 2.00 bits per heavy atom. The third-order valence-corrected chi connectivity index (χ3v) is 5.16. The van der Waals surface area contributed by atoms with Crippen molar-refractivity contribution in [1.82, 2.24) is 15.3 Å². The van der Waals surface area contributed by atoms with E-state index in [0.29, 0.717) is 12.0 Å². The van der Waals surface area contributed by atoms with Crippen LogP contribution in [0.3, 0.4) is 0 Å². The highest BCUT2D eigenvalue weighted by Gasteiger charge is 2.57. The second-order valence-corrected chi connectivity index (χ2v) is 7.05. The van der Waals surface area contributed by atoms with Gasteiger partial charge in [0.05, 0.1) is 24.7 Å². The predicted octanol–water partition coefficient (Wildman–Crippen LogP) is 3.41. The van der Waals surface area contributed by atoms with Crippen LogP contribution in [0.2, 0.25) is 0 Å². The Bertz CT molecular complexity index is 1010. The molecule has 3 heterocycles. The summed E-state index contributed by atoms with van der Waals surface area (Å²) < 4.78 is 50.8. The van der Waals surface area contributed by atoms with Crippen molar-refractivity contribution in [1.29, 1.82) is 0 Å². The minimum atomic E-state index is -4.59. The molecule has 0 saturated carbocycles. The maximum Gasteiger partial charge on any atom is 0.421 e. The van der Waals surface area contributed by atoms with Crippen molar-refractivity contribution < 1.29 is 32.2 Å². The molecule has 1 aromatic heterocycles. The molecule has 2 atom stereocenters. The number of rotatable bonds is 4. The monoisotopic (exact) mass is 422 g/mol. The number of nitrogens with zero attached hydrogens (tertiary/aromatic N) is 3. The zero-order valence-electron chi connectivity index (χ0n) is 16.0. The quantitative estimate of drug-likeness (QED) is 0.759. The van der Waals surface area contributed by atoms with Gasteiger partial charge in [-0.25, -0.2) is 19.7 Å². The summed E-state index contributed by atoms with van der Waals surface area (Å²) in [7, 11) is 0. The zero-order chi connectivity index (χ0) is 21.7. The minimum absolute atomic E-state index is 0.0333. The van der Waals surface area contributed by atoms with Gasteiger partial charge < -0.3 is 14.8 Å². The van der Waals surface area contributed by atoms with Crippen LogP contribution in [0.1, 0.15) is 31.4 Å². The summed E-state index contributed by atoms with van der Waals surface area (Å²) in [4.78, 5) is 33.1. The average molecular weight is 422 g/mol. The topological polar surface area (TPSA) is 93.7 Å². The highest BCUT2D eigenvalue weighted by Crippen LogP contribution is 2.48. The molecular weight excluding hydrogens is 405 g/mol. The highest BCUT2D eigenvalue weighted by atomic mass is 19.4. The fourth-order valence-corrected chi connectivity index (χ4v) is 3.36. The molecule has 1 aromatic carbocycles. The van der Waals surface area contributed by atoms with Gasteiger partial charge in [-0.2, -0.15) is 13.2 Å². The van der Waals surface area contributed by atoms with Gasteiger partial charge in [-0.3, -0.25) is 4.79 Å². The molecule has 1 saturated heterocycles. The van der Waals surface area contributed by atoms with Gasteiger partial charge in [0.2, 0.25) is 0 Å². The van der Waals surface area contributed by atoms with E-state index in [-0.39, 0.29) is 29.6 Å². The Morgan fingerprint density at radius 1 is 1.30 bits per heavy atom. The predicted molar refractivity (Wildman–Crippen MR) is 96.8 cm³/mol. The maximum atomic E-state index is 13.4.